The molecule has 86 valence electrons. The SMILES string of the molecule is Cc1ccccc1I1C=CC(C(F)(F)F)=N1. The van der Waals surface area contributed by atoms with Crippen LogP contribution in [0.1, 0.15) is 5.56 Å². The Morgan fingerprint density at radius 2 is 1.88 bits per heavy atom. The Morgan fingerprint density at radius 3 is 2.44 bits per heavy atom. The van der Waals surface area contributed by atoms with Crippen LogP contribution in [0, 0.1) is 10.5 Å². The van der Waals surface area contributed by atoms with Gasteiger partial charge < -0.3 is 0 Å². The molecule has 0 atom stereocenters. The van der Waals surface area contributed by atoms with Crippen molar-refractivity contribution >= 4 is 25.8 Å². The average Bonchev–Trinajstić information content (AvgIpc) is 2.66. The monoisotopic (exact) mass is 339 g/mol. The van der Waals surface area contributed by atoms with Crippen molar-refractivity contribution in [1.29, 1.82) is 0 Å². The van der Waals surface area contributed by atoms with Crippen molar-refractivity contribution in [3.05, 3.63) is 43.6 Å². The molecule has 0 bridgehead atoms. The number of hydrogen-bond acceptors (Lipinski definition) is 1. The Kier molecular flexibility index (Phi) is 3.05. The molecule has 5 heteroatoms. The molecule has 0 saturated heterocycles. The molecule has 16 heavy (non-hydrogen) atoms. The number of hydrogen-bond donors (Lipinski definition) is 0. The fourth-order valence-electron chi connectivity index (χ4n) is 1.30. The topological polar surface area (TPSA) is 12.4 Å². The molecule has 2 rings (SSSR count). The number of alkyl halides is 3. The van der Waals surface area contributed by atoms with Gasteiger partial charge in [-0.1, -0.05) is 0 Å². The molecule has 0 unspecified atom stereocenters. The Balaban J connectivity index is 2.32. The van der Waals surface area contributed by atoms with Gasteiger partial charge in [-0.05, 0) is 0 Å². The molecule has 0 aromatic heterocycles. The minimum atomic E-state index is -4.31. The van der Waals surface area contributed by atoms with Crippen molar-refractivity contribution in [1.82, 2.24) is 0 Å². The molecular formula is C11H9F3IN. The minimum absolute atomic E-state index is 0.735. The Morgan fingerprint density at radius 1 is 1.19 bits per heavy atom. The van der Waals surface area contributed by atoms with Gasteiger partial charge in [-0.15, -0.1) is 0 Å². The van der Waals surface area contributed by atoms with E-state index in [9.17, 15) is 13.2 Å². The molecule has 1 aliphatic heterocycles. The number of nitrogens with zero attached hydrogens (tertiary/aromatic N) is 1. The molecule has 1 nitrogen and oxygen atoms in total. The van der Waals surface area contributed by atoms with Gasteiger partial charge in [0.15, 0.2) is 0 Å². The molecule has 0 fully saturated rings. The summed E-state index contributed by atoms with van der Waals surface area (Å²) < 4.78 is 43.6. The van der Waals surface area contributed by atoms with Crippen LogP contribution >= 0.6 is 20.1 Å². The first-order valence-corrected chi connectivity index (χ1v) is 7.86. The second-order valence-electron chi connectivity index (χ2n) is 3.30. The van der Waals surface area contributed by atoms with E-state index in [-0.39, 0.29) is 0 Å². The van der Waals surface area contributed by atoms with Gasteiger partial charge in [0.1, 0.15) is 0 Å². The molecule has 1 aliphatic rings. The first kappa shape index (κ1) is 11.6. The van der Waals surface area contributed by atoms with Crippen LogP contribution in [0.4, 0.5) is 13.2 Å². The second-order valence-corrected chi connectivity index (χ2v) is 7.33. The van der Waals surface area contributed by atoms with Gasteiger partial charge in [0, 0.05) is 0 Å². The number of rotatable bonds is 1. The molecule has 0 aliphatic carbocycles. The predicted octanol–water partition coefficient (Wildman–Crippen LogP) is 4.12. The van der Waals surface area contributed by atoms with Crippen molar-refractivity contribution in [2.75, 3.05) is 0 Å². The summed E-state index contributed by atoms with van der Waals surface area (Å²) in [5.74, 6) is 0. The zero-order chi connectivity index (χ0) is 11.8. The quantitative estimate of drug-likeness (QED) is 0.683. The van der Waals surface area contributed by atoms with Crippen LogP contribution in [-0.2, 0) is 0 Å². The first-order valence-electron chi connectivity index (χ1n) is 4.57. The van der Waals surface area contributed by atoms with Crippen LogP contribution in [0.15, 0.2) is 37.6 Å². The summed E-state index contributed by atoms with van der Waals surface area (Å²) in [7, 11) is 0. The van der Waals surface area contributed by atoms with E-state index >= 15 is 0 Å². The Labute approximate surface area is 98.8 Å². The third-order valence-corrected chi connectivity index (χ3v) is 6.58. The summed E-state index contributed by atoms with van der Waals surface area (Å²) in [6, 6.07) is 7.49. The first-order chi connectivity index (χ1) is 7.48. The summed E-state index contributed by atoms with van der Waals surface area (Å²) in [6.07, 6.45) is -3.21. The van der Waals surface area contributed by atoms with Crippen molar-refractivity contribution in [3.8, 4) is 0 Å². The molecule has 1 aromatic carbocycles. The maximum atomic E-state index is 12.4. The van der Waals surface area contributed by atoms with Crippen LogP contribution in [-0.4, -0.2) is 11.9 Å². The molecule has 0 spiro atoms. The van der Waals surface area contributed by atoms with Crippen molar-refractivity contribution in [3.63, 3.8) is 0 Å². The zero-order valence-corrected chi connectivity index (χ0v) is 10.6. The van der Waals surface area contributed by atoms with Crippen molar-refractivity contribution in [2.45, 2.75) is 13.1 Å². The van der Waals surface area contributed by atoms with Crippen LogP contribution < -0.4 is 0 Å². The van der Waals surface area contributed by atoms with E-state index in [1.165, 1.54) is 0 Å². The standard InChI is InChI=1S/C11H9F3IN/c1-8-4-2-3-5-9(8)15-7-6-10(16-15)11(12,13)14/h2-7H,1H3. The fraction of sp³-hybridized carbons (Fsp3) is 0.182. The van der Waals surface area contributed by atoms with E-state index < -0.39 is 32.0 Å². The third kappa shape index (κ3) is 2.28. The van der Waals surface area contributed by atoms with Crippen LogP contribution in [0.3, 0.4) is 0 Å². The number of halogens is 4. The molecule has 0 saturated carbocycles. The van der Waals surface area contributed by atoms with Gasteiger partial charge >= 0.3 is 98.8 Å². The summed E-state index contributed by atoms with van der Waals surface area (Å²) in [5, 5.41) is 0. The van der Waals surface area contributed by atoms with Gasteiger partial charge in [0.05, 0.1) is 0 Å². The summed E-state index contributed by atoms with van der Waals surface area (Å²) in [4.78, 5) is 0. The van der Waals surface area contributed by atoms with Crippen LogP contribution in [0.5, 0.6) is 0 Å². The molecule has 0 N–H and O–H groups in total. The summed E-state index contributed by atoms with van der Waals surface area (Å²) in [6.45, 7) is 1.90. The van der Waals surface area contributed by atoms with E-state index in [1.54, 1.807) is 4.08 Å². The Bertz CT molecular complexity index is 463. The zero-order valence-electron chi connectivity index (χ0n) is 8.42. The summed E-state index contributed by atoms with van der Waals surface area (Å²) in [5.41, 5.74) is 0.283. The van der Waals surface area contributed by atoms with Gasteiger partial charge in [-0.3, -0.25) is 0 Å². The molecule has 0 amide bonds. The number of aryl methyl sites for hydroxylation is 1. The second kappa shape index (κ2) is 4.20. The van der Waals surface area contributed by atoms with E-state index in [4.69, 9.17) is 0 Å². The van der Waals surface area contributed by atoms with E-state index in [0.717, 1.165) is 15.2 Å². The molecule has 0 radical (unpaired) electrons. The van der Waals surface area contributed by atoms with E-state index in [1.807, 2.05) is 31.2 Å². The van der Waals surface area contributed by atoms with Crippen LogP contribution in [0.25, 0.3) is 0 Å². The van der Waals surface area contributed by atoms with Gasteiger partial charge in [0.25, 0.3) is 0 Å². The molecule has 1 aromatic rings. The summed E-state index contributed by atoms with van der Waals surface area (Å²) >= 11 is -2.13. The van der Waals surface area contributed by atoms with Gasteiger partial charge in [0.2, 0.25) is 0 Å². The van der Waals surface area contributed by atoms with Crippen molar-refractivity contribution < 1.29 is 13.2 Å². The third-order valence-electron chi connectivity index (χ3n) is 2.10. The molecule has 1 heterocycles. The predicted molar refractivity (Wildman–Crippen MR) is 66.5 cm³/mol. The Hall–Kier alpha value is -0.850. The molecular weight excluding hydrogens is 330 g/mol. The van der Waals surface area contributed by atoms with Crippen molar-refractivity contribution in [2.24, 2.45) is 3.21 Å². The van der Waals surface area contributed by atoms with Crippen LogP contribution in [0.2, 0.25) is 0 Å². The maximum absolute atomic E-state index is 12.4. The number of benzene rings is 1. The number of allylic oxidation sites excluding steroid dienone is 1. The fourth-order valence-corrected chi connectivity index (χ4v) is 5.41. The van der Waals surface area contributed by atoms with E-state index in [2.05, 4.69) is 3.21 Å². The normalized spacial score (nSPS) is 17.8. The van der Waals surface area contributed by atoms with Gasteiger partial charge in [-0.25, -0.2) is 0 Å². The van der Waals surface area contributed by atoms with E-state index in [0.29, 0.717) is 0 Å². The average molecular weight is 339 g/mol. The van der Waals surface area contributed by atoms with Gasteiger partial charge in [-0.2, -0.15) is 0 Å².